The first-order valence-corrected chi connectivity index (χ1v) is 7.90. The summed E-state index contributed by atoms with van der Waals surface area (Å²) in [5.74, 6) is 0.284. The summed E-state index contributed by atoms with van der Waals surface area (Å²) in [7, 11) is 1.45. The number of aliphatic imine (C=N–C) groups is 2. The standard InChI is InChI=1S/C18H23N5O3/c1-12(25-3)9-21-15(8-19)17(24)22-14-6-4-5-13(7-14)18(2)11-26-10-16(20)23-18/h4-9H,1,10-11,19H2,2-3H3,(H2,20,23)(H,22,24)/b15-8-,21-9-. The molecule has 0 bridgehead atoms. The Hall–Kier alpha value is -3.13. The molecule has 1 aromatic rings. The summed E-state index contributed by atoms with van der Waals surface area (Å²) in [6.07, 6.45) is 2.42. The maximum absolute atomic E-state index is 12.3. The third-order valence-electron chi connectivity index (χ3n) is 3.77. The van der Waals surface area contributed by atoms with Gasteiger partial charge < -0.3 is 26.3 Å². The number of methoxy groups -OCH3 is 1. The van der Waals surface area contributed by atoms with Crippen molar-refractivity contribution >= 4 is 23.6 Å². The average Bonchev–Trinajstić information content (AvgIpc) is 2.62. The topological polar surface area (TPSA) is 124 Å². The van der Waals surface area contributed by atoms with Crippen LogP contribution in [0.15, 0.2) is 58.5 Å². The molecule has 26 heavy (non-hydrogen) atoms. The van der Waals surface area contributed by atoms with Gasteiger partial charge in [0.1, 0.15) is 29.4 Å². The normalized spacial score (nSPS) is 20.5. The quantitative estimate of drug-likeness (QED) is 0.402. The van der Waals surface area contributed by atoms with Crippen LogP contribution in [0.5, 0.6) is 0 Å². The van der Waals surface area contributed by atoms with Gasteiger partial charge >= 0.3 is 0 Å². The van der Waals surface area contributed by atoms with Crippen molar-refractivity contribution in [1.29, 1.82) is 0 Å². The van der Waals surface area contributed by atoms with Crippen LogP contribution in [0.2, 0.25) is 0 Å². The lowest BCUT2D eigenvalue weighted by molar-refractivity contribution is -0.112. The van der Waals surface area contributed by atoms with E-state index in [-0.39, 0.29) is 5.70 Å². The number of rotatable bonds is 6. The minimum atomic E-state index is -0.607. The van der Waals surface area contributed by atoms with Gasteiger partial charge in [-0.05, 0) is 24.6 Å². The molecule has 8 heteroatoms. The molecular formula is C18H23N5O3. The zero-order valence-electron chi connectivity index (χ0n) is 14.9. The van der Waals surface area contributed by atoms with Gasteiger partial charge in [-0.25, -0.2) is 4.99 Å². The Morgan fingerprint density at radius 2 is 2.31 bits per heavy atom. The molecule has 8 nitrogen and oxygen atoms in total. The number of hydrogen-bond donors (Lipinski definition) is 3. The summed E-state index contributed by atoms with van der Waals surface area (Å²) >= 11 is 0. The van der Waals surface area contributed by atoms with Crippen molar-refractivity contribution < 1.29 is 14.3 Å². The Balaban J connectivity index is 2.18. The predicted octanol–water partition coefficient (Wildman–Crippen LogP) is 1.26. The van der Waals surface area contributed by atoms with E-state index in [0.717, 1.165) is 11.8 Å². The molecule has 0 radical (unpaired) electrons. The third-order valence-corrected chi connectivity index (χ3v) is 3.77. The highest BCUT2D eigenvalue weighted by Gasteiger charge is 2.30. The zero-order valence-corrected chi connectivity index (χ0v) is 14.9. The van der Waals surface area contributed by atoms with Crippen molar-refractivity contribution in [1.82, 2.24) is 0 Å². The number of nitrogens with zero attached hydrogens (tertiary/aromatic N) is 2. The Labute approximate surface area is 152 Å². The lowest BCUT2D eigenvalue weighted by Crippen LogP contribution is -2.37. The third kappa shape index (κ3) is 4.70. The molecular weight excluding hydrogens is 334 g/mol. The van der Waals surface area contributed by atoms with Crippen LogP contribution in [0.25, 0.3) is 0 Å². The molecule has 0 spiro atoms. The maximum atomic E-state index is 12.3. The first-order chi connectivity index (χ1) is 12.4. The van der Waals surface area contributed by atoms with Gasteiger partial charge in [-0.1, -0.05) is 18.7 Å². The molecule has 5 N–H and O–H groups in total. The highest BCUT2D eigenvalue weighted by atomic mass is 16.5. The SMILES string of the molecule is C=C(/C=N\C(=C/N)C(=O)Nc1cccc(C2(C)COCC(N)=N2)c1)OC. The van der Waals surface area contributed by atoms with Gasteiger partial charge in [-0.15, -0.1) is 0 Å². The summed E-state index contributed by atoms with van der Waals surface area (Å²) in [4.78, 5) is 20.8. The molecule has 1 aliphatic heterocycles. The fourth-order valence-corrected chi connectivity index (χ4v) is 2.38. The van der Waals surface area contributed by atoms with E-state index in [0.29, 0.717) is 30.5 Å². The molecule has 1 atom stereocenters. The second kappa shape index (κ2) is 8.30. The summed E-state index contributed by atoms with van der Waals surface area (Å²) < 4.78 is 10.4. The number of benzene rings is 1. The largest absolute Gasteiger partial charge is 0.496 e. The Morgan fingerprint density at radius 1 is 1.54 bits per heavy atom. The summed E-state index contributed by atoms with van der Waals surface area (Å²) in [5, 5.41) is 2.75. The van der Waals surface area contributed by atoms with Crippen LogP contribution in [0.1, 0.15) is 12.5 Å². The van der Waals surface area contributed by atoms with Crippen LogP contribution in [0.3, 0.4) is 0 Å². The van der Waals surface area contributed by atoms with E-state index < -0.39 is 11.4 Å². The predicted molar refractivity (Wildman–Crippen MR) is 102 cm³/mol. The lowest BCUT2D eigenvalue weighted by Gasteiger charge is -2.30. The second-order valence-electron chi connectivity index (χ2n) is 5.89. The van der Waals surface area contributed by atoms with Crippen LogP contribution in [0, 0.1) is 0 Å². The van der Waals surface area contributed by atoms with E-state index in [1.54, 1.807) is 6.07 Å². The zero-order chi connectivity index (χ0) is 19.2. The molecule has 0 saturated carbocycles. The Bertz CT molecular complexity index is 785. The number of allylic oxidation sites excluding steroid dienone is 1. The van der Waals surface area contributed by atoms with Crippen LogP contribution >= 0.6 is 0 Å². The minimum Gasteiger partial charge on any atom is -0.496 e. The number of carbonyl (C=O) groups excluding carboxylic acids is 1. The maximum Gasteiger partial charge on any atom is 0.275 e. The highest BCUT2D eigenvalue weighted by Crippen LogP contribution is 2.30. The number of ether oxygens (including phenoxy) is 2. The smallest absolute Gasteiger partial charge is 0.275 e. The number of hydrogen-bond acceptors (Lipinski definition) is 7. The second-order valence-corrected chi connectivity index (χ2v) is 5.89. The summed E-state index contributed by atoms with van der Waals surface area (Å²) in [6.45, 7) is 6.24. The van der Waals surface area contributed by atoms with Gasteiger partial charge in [0.15, 0.2) is 0 Å². The molecule has 1 unspecified atom stereocenters. The number of anilines is 1. The molecule has 1 aromatic carbocycles. The first-order valence-electron chi connectivity index (χ1n) is 7.90. The number of carbonyl (C=O) groups is 1. The molecule has 0 aliphatic carbocycles. The van der Waals surface area contributed by atoms with Crippen LogP contribution in [-0.4, -0.2) is 38.3 Å². The van der Waals surface area contributed by atoms with Crippen molar-refractivity contribution in [2.24, 2.45) is 21.5 Å². The van der Waals surface area contributed by atoms with Gasteiger partial charge in [0.25, 0.3) is 5.91 Å². The molecule has 138 valence electrons. The fraction of sp³-hybridized carbons (Fsp3) is 0.278. The van der Waals surface area contributed by atoms with E-state index in [2.05, 4.69) is 21.9 Å². The monoisotopic (exact) mass is 357 g/mol. The first kappa shape index (κ1) is 19.2. The van der Waals surface area contributed by atoms with Crippen molar-refractivity contribution in [3.8, 4) is 0 Å². The molecule has 1 aliphatic rings. The van der Waals surface area contributed by atoms with E-state index in [4.69, 9.17) is 20.9 Å². The van der Waals surface area contributed by atoms with Crippen molar-refractivity contribution in [2.75, 3.05) is 25.6 Å². The molecule has 1 heterocycles. The summed E-state index contributed by atoms with van der Waals surface area (Å²) in [6, 6.07) is 7.29. The molecule has 0 saturated heterocycles. The molecule has 0 fully saturated rings. The van der Waals surface area contributed by atoms with Crippen LogP contribution < -0.4 is 16.8 Å². The average molecular weight is 357 g/mol. The Kier molecular flexibility index (Phi) is 6.13. The number of amidine groups is 1. The van der Waals surface area contributed by atoms with Crippen LogP contribution in [-0.2, 0) is 19.8 Å². The fourth-order valence-electron chi connectivity index (χ4n) is 2.38. The molecule has 0 aromatic heterocycles. The molecule has 2 rings (SSSR count). The van der Waals surface area contributed by atoms with E-state index in [1.807, 2.05) is 25.1 Å². The van der Waals surface area contributed by atoms with Gasteiger partial charge in [0.2, 0.25) is 0 Å². The van der Waals surface area contributed by atoms with Gasteiger partial charge in [-0.3, -0.25) is 9.79 Å². The van der Waals surface area contributed by atoms with Crippen molar-refractivity contribution in [3.05, 3.63) is 54.1 Å². The summed E-state index contributed by atoms with van der Waals surface area (Å²) in [5.41, 5.74) is 12.1. The van der Waals surface area contributed by atoms with Crippen molar-refractivity contribution in [2.45, 2.75) is 12.5 Å². The van der Waals surface area contributed by atoms with Gasteiger partial charge in [0, 0.05) is 11.9 Å². The van der Waals surface area contributed by atoms with Crippen LogP contribution in [0.4, 0.5) is 5.69 Å². The number of nitrogens with one attached hydrogen (secondary N) is 1. The highest BCUT2D eigenvalue weighted by molar-refractivity contribution is 6.04. The van der Waals surface area contributed by atoms with Gasteiger partial charge in [0.05, 0.1) is 19.9 Å². The number of nitrogens with two attached hydrogens (primary N) is 2. The van der Waals surface area contributed by atoms with Gasteiger partial charge in [-0.2, -0.15) is 0 Å². The van der Waals surface area contributed by atoms with E-state index in [9.17, 15) is 4.79 Å². The minimum absolute atomic E-state index is 0.0306. The number of amides is 1. The van der Waals surface area contributed by atoms with E-state index >= 15 is 0 Å². The van der Waals surface area contributed by atoms with Crippen molar-refractivity contribution in [3.63, 3.8) is 0 Å². The lowest BCUT2D eigenvalue weighted by atomic mass is 9.92. The Morgan fingerprint density at radius 3 is 2.96 bits per heavy atom. The molecule has 1 amide bonds. The van der Waals surface area contributed by atoms with E-state index in [1.165, 1.54) is 13.3 Å².